The Bertz CT molecular complexity index is 847. The largest absolute Gasteiger partial charge is 0.481 e. The van der Waals surface area contributed by atoms with Gasteiger partial charge in [0.25, 0.3) is 0 Å². The smallest absolute Gasteiger partial charge is 0.306 e. The van der Waals surface area contributed by atoms with Crippen LogP contribution in [0.2, 0.25) is 0 Å². The lowest BCUT2D eigenvalue weighted by atomic mass is 10.1. The molecular weight excluding hydrogens is 640 g/mol. The first kappa shape index (κ1) is 48.4. The molecule has 2 amide bonds. The van der Waals surface area contributed by atoms with E-state index in [-0.39, 0.29) is 37.7 Å². The van der Waals surface area contributed by atoms with Crippen molar-refractivity contribution in [2.24, 2.45) is 0 Å². The molecule has 0 aromatic rings. The van der Waals surface area contributed by atoms with Crippen LogP contribution in [0, 0.1) is 0 Å². The van der Waals surface area contributed by atoms with Gasteiger partial charge in [-0.05, 0) is 64.2 Å². The van der Waals surface area contributed by atoms with Crippen molar-refractivity contribution < 1.29 is 29.0 Å². The molecule has 0 aromatic heterocycles. The molecule has 0 aliphatic carbocycles. The second-order valence-corrected chi connectivity index (χ2v) is 14.3. The van der Waals surface area contributed by atoms with Crippen LogP contribution in [0.1, 0.15) is 206 Å². The third kappa shape index (κ3) is 38.4. The van der Waals surface area contributed by atoms with Gasteiger partial charge in [0.2, 0.25) is 11.8 Å². The minimum absolute atomic E-state index is 0.0798. The Kier molecular flexibility index (Phi) is 36.6. The number of carboxylic acid groups (broad SMARTS) is 1. The first-order chi connectivity index (χ1) is 24.9. The highest BCUT2D eigenvalue weighted by atomic mass is 16.5. The Balaban J connectivity index is 4.10. The van der Waals surface area contributed by atoms with Crippen molar-refractivity contribution in [2.75, 3.05) is 13.1 Å². The topological polar surface area (TPSA) is 122 Å². The van der Waals surface area contributed by atoms with Crippen LogP contribution in [0.4, 0.5) is 0 Å². The summed E-state index contributed by atoms with van der Waals surface area (Å²) in [6, 6.07) is 0. The van der Waals surface area contributed by atoms with Crippen molar-refractivity contribution in [1.82, 2.24) is 10.6 Å². The fourth-order valence-corrected chi connectivity index (χ4v) is 5.95. The predicted octanol–water partition coefficient (Wildman–Crippen LogP) is 11.1. The number of nitrogens with one attached hydrogen (secondary N) is 2. The summed E-state index contributed by atoms with van der Waals surface area (Å²) < 4.78 is 5.42. The monoisotopic (exact) mass is 719 g/mol. The number of carboxylic acids is 1. The molecule has 0 saturated carbocycles. The molecule has 0 unspecified atom stereocenters. The molecule has 0 aromatic carbocycles. The number of allylic oxidation sites excluding steroid dienone is 4. The van der Waals surface area contributed by atoms with Crippen LogP contribution in [-0.4, -0.2) is 48.1 Å². The van der Waals surface area contributed by atoms with Crippen molar-refractivity contribution >= 4 is 23.8 Å². The van der Waals surface area contributed by atoms with Crippen molar-refractivity contribution in [3.63, 3.8) is 0 Å². The number of aliphatic carboxylic acids is 1. The summed E-state index contributed by atoms with van der Waals surface area (Å²) in [7, 11) is 0. The quantitative estimate of drug-likeness (QED) is 0.0332. The maximum atomic E-state index is 12.5. The van der Waals surface area contributed by atoms with Gasteiger partial charge in [-0.2, -0.15) is 0 Å². The lowest BCUT2D eigenvalue weighted by Gasteiger charge is -2.19. The van der Waals surface area contributed by atoms with Gasteiger partial charge in [-0.25, -0.2) is 0 Å². The van der Waals surface area contributed by atoms with Crippen LogP contribution in [-0.2, 0) is 23.9 Å². The van der Waals surface area contributed by atoms with Crippen LogP contribution < -0.4 is 10.6 Å². The van der Waals surface area contributed by atoms with Crippen molar-refractivity contribution in [1.29, 1.82) is 0 Å². The molecule has 0 aliphatic heterocycles. The van der Waals surface area contributed by atoms with Gasteiger partial charge in [0.05, 0.1) is 25.9 Å². The Labute approximate surface area is 312 Å². The van der Waals surface area contributed by atoms with Gasteiger partial charge >= 0.3 is 11.9 Å². The summed E-state index contributed by atoms with van der Waals surface area (Å²) in [5, 5.41) is 14.5. The number of carbonyl (C=O) groups excluding carboxylic acids is 3. The maximum absolute atomic E-state index is 12.5. The van der Waals surface area contributed by atoms with E-state index < -0.39 is 18.0 Å². The standard InChI is InChI=1S/C43H78N2O6/c1-3-5-7-9-11-13-15-17-19-21-23-25-27-29-31-33-40(46)44-37-39(51-43(50)36-35-42(48)49)38-45-41(47)34-32-30-28-26-24-22-20-18-16-14-12-10-8-6-4-2/h17-20,39H,3-16,21-38H2,1-2H3,(H,44,46)(H,45,47)(H,48,49)/b19-17+,20-18+. The molecule has 0 heterocycles. The second kappa shape index (κ2) is 38.6. The Morgan fingerprint density at radius 1 is 0.471 bits per heavy atom. The van der Waals surface area contributed by atoms with Crippen LogP contribution in [0.25, 0.3) is 0 Å². The van der Waals surface area contributed by atoms with Gasteiger partial charge in [-0.15, -0.1) is 0 Å². The van der Waals surface area contributed by atoms with E-state index in [9.17, 15) is 19.2 Å². The van der Waals surface area contributed by atoms with Crippen LogP contribution >= 0.6 is 0 Å². The molecule has 3 N–H and O–H groups in total. The van der Waals surface area contributed by atoms with E-state index in [1.165, 1.54) is 103 Å². The summed E-state index contributed by atoms with van der Waals surface area (Å²) in [5.41, 5.74) is 0. The molecule has 0 radical (unpaired) electrons. The molecule has 296 valence electrons. The molecule has 0 rings (SSSR count). The van der Waals surface area contributed by atoms with Crippen LogP contribution in [0.15, 0.2) is 24.3 Å². The molecule has 0 aliphatic rings. The molecule has 0 spiro atoms. The number of unbranched alkanes of at least 4 members (excludes halogenated alkanes) is 22. The summed E-state index contributed by atoms with van der Waals surface area (Å²) in [5.74, 6) is -1.96. The van der Waals surface area contributed by atoms with E-state index >= 15 is 0 Å². The number of amides is 2. The summed E-state index contributed by atoms with van der Waals surface area (Å²) in [6.07, 6.45) is 39.9. The van der Waals surface area contributed by atoms with E-state index in [4.69, 9.17) is 9.84 Å². The highest BCUT2D eigenvalue weighted by Crippen LogP contribution is 2.12. The predicted molar refractivity (Wildman–Crippen MR) is 212 cm³/mol. The van der Waals surface area contributed by atoms with E-state index in [1.54, 1.807) is 0 Å². The van der Waals surface area contributed by atoms with Crippen molar-refractivity contribution in [2.45, 2.75) is 213 Å². The van der Waals surface area contributed by atoms with Crippen molar-refractivity contribution in [3.8, 4) is 0 Å². The zero-order valence-electron chi connectivity index (χ0n) is 33.0. The normalized spacial score (nSPS) is 11.5. The Morgan fingerprint density at radius 3 is 1.16 bits per heavy atom. The van der Waals surface area contributed by atoms with Gasteiger partial charge in [0.15, 0.2) is 0 Å². The van der Waals surface area contributed by atoms with Gasteiger partial charge in [-0.1, -0.05) is 141 Å². The fraction of sp³-hybridized carbons (Fsp3) is 0.814. The van der Waals surface area contributed by atoms with Gasteiger partial charge in [0, 0.05) is 12.8 Å². The summed E-state index contributed by atoms with van der Waals surface area (Å²) >= 11 is 0. The van der Waals surface area contributed by atoms with Crippen LogP contribution in [0.3, 0.4) is 0 Å². The maximum Gasteiger partial charge on any atom is 0.306 e. The third-order valence-electron chi connectivity index (χ3n) is 9.23. The van der Waals surface area contributed by atoms with Gasteiger partial charge in [-0.3, -0.25) is 19.2 Å². The third-order valence-corrected chi connectivity index (χ3v) is 9.23. The Hall–Kier alpha value is -2.64. The first-order valence-corrected chi connectivity index (χ1v) is 21.1. The van der Waals surface area contributed by atoms with Crippen molar-refractivity contribution in [3.05, 3.63) is 24.3 Å². The van der Waals surface area contributed by atoms with Crippen LogP contribution in [0.5, 0.6) is 0 Å². The number of hydrogen-bond donors (Lipinski definition) is 3. The molecule has 8 heteroatoms. The number of ether oxygens (including phenoxy) is 1. The average molecular weight is 719 g/mol. The zero-order chi connectivity index (χ0) is 37.5. The van der Waals surface area contributed by atoms with Gasteiger partial charge in [0.1, 0.15) is 6.10 Å². The number of carbonyl (C=O) groups is 4. The lowest BCUT2D eigenvalue weighted by molar-refractivity contribution is -0.152. The molecule has 51 heavy (non-hydrogen) atoms. The van der Waals surface area contributed by atoms with Gasteiger partial charge < -0.3 is 20.5 Å². The first-order valence-electron chi connectivity index (χ1n) is 21.1. The average Bonchev–Trinajstić information content (AvgIpc) is 3.11. The number of esters is 1. The SMILES string of the molecule is CCCCCCCC/C=C/CCCCCCCC(=O)NCC(CNC(=O)CCCCCCC/C=C/CCCCCCCC)OC(=O)CCC(=O)O. The minimum Gasteiger partial charge on any atom is -0.481 e. The van der Waals surface area contributed by atoms with E-state index in [1.807, 2.05) is 0 Å². The fourth-order valence-electron chi connectivity index (χ4n) is 5.95. The summed E-state index contributed by atoms with van der Waals surface area (Å²) in [4.78, 5) is 48.0. The van der Waals surface area contributed by atoms with E-state index in [0.717, 1.165) is 64.2 Å². The minimum atomic E-state index is -1.08. The number of hydrogen-bond acceptors (Lipinski definition) is 5. The molecule has 0 bridgehead atoms. The zero-order valence-corrected chi connectivity index (χ0v) is 33.0. The summed E-state index contributed by atoms with van der Waals surface area (Å²) in [6.45, 7) is 4.66. The highest BCUT2D eigenvalue weighted by Gasteiger charge is 2.18. The second-order valence-electron chi connectivity index (χ2n) is 14.3. The van der Waals surface area contributed by atoms with E-state index in [0.29, 0.717) is 12.8 Å². The molecule has 0 atom stereocenters. The molecule has 0 fully saturated rings. The Morgan fingerprint density at radius 2 is 0.804 bits per heavy atom. The molecule has 8 nitrogen and oxygen atoms in total. The van der Waals surface area contributed by atoms with E-state index in [2.05, 4.69) is 48.8 Å². The lowest BCUT2D eigenvalue weighted by Crippen LogP contribution is -2.42. The highest BCUT2D eigenvalue weighted by molar-refractivity contribution is 5.78. The molecule has 0 saturated heterocycles. The molecular formula is C43H78N2O6. The number of rotatable bonds is 38.